The largest absolute Gasteiger partial charge is 0.504 e. The van der Waals surface area contributed by atoms with Crippen LogP contribution in [0.2, 0.25) is 0 Å². The normalized spacial score (nSPS) is 9.70. The lowest BCUT2D eigenvalue weighted by Crippen LogP contribution is -1.85. The first-order chi connectivity index (χ1) is 4.75. The number of aryl methyl sites for hydroxylation is 1. The molecule has 1 heterocycles. The minimum atomic E-state index is -0.106. The molecule has 0 saturated heterocycles. The second-order valence-corrected chi connectivity index (χ2v) is 1.98. The lowest BCUT2D eigenvalue weighted by Gasteiger charge is -2.00. The van der Waals surface area contributed by atoms with E-state index in [-0.39, 0.29) is 11.5 Å². The smallest absolute Gasteiger partial charge is 0.179 e. The predicted octanol–water partition coefficient (Wildman–Crippen LogP) is 1.06. The molecule has 1 aromatic heterocycles. The fourth-order valence-electron chi connectivity index (χ4n) is 0.744. The van der Waals surface area contributed by atoms with Crippen molar-refractivity contribution >= 4 is 0 Å². The number of aromatic nitrogens is 1. The molecule has 0 unspecified atom stereocenters. The second kappa shape index (κ2) is 2.56. The van der Waals surface area contributed by atoms with Gasteiger partial charge in [0.05, 0.1) is 5.69 Å². The van der Waals surface area contributed by atoms with Gasteiger partial charge in [-0.25, -0.2) is 0 Å². The maximum absolute atomic E-state index is 9.09. The number of rotatable bonds is 1. The number of aromatic hydroxyl groups is 2. The van der Waals surface area contributed by atoms with Crippen LogP contribution in [0, 0.1) is 0 Å². The van der Waals surface area contributed by atoms with Crippen molar-refractivity contribution in [3.63, 3.8) is 0 Å². The minimum Gasteiger partial charge on any atom is -0.504 e. The summed E-state index contributed by atoms with van der Waals surface area (Å²) in [4.78, 5) is 3.85. The quantitative estimate of drug-likeness (QED) is 0.611. The van der Waals surface area contributed by atoms with Gasteiger partial charge in [-0.2, -0.15) is 0 Å². The van der Waals surface area contributed by atoms with Crippen molar-refractivity contribution in [2.45, 2.75) is 13.3 Å². The molecule has 0 spiro atoms. The highest BCUT2D eigenvalue weighted by atomic mass is 16.3. The number of nitrogens with zero attached hydrogens (tertiary/aromatic N) is 1. The van der Waals surface area contributed by atoms with E-state index < -0.39 is 0 Å². The highest BCUT2D eigenvalue weighted by molar-refractivity contribution is 5.39. The molecular weight excluding hydrogens is 130 g/mol. The molecule has 0 amide bonds. The van der Waals surface area contributed by atoms with Gasteiger partial charge >= 0.3 is 0 Å². The van der Waals surface area contributed by atoms with Crippen molar-refractivity contribution in [3.05, 3.63) is 18.0 Å². The molecule has 0 saturated carbocycles. The Morgan fingerprint density at radius 1 is 1.50 bits per heavy atom. The van der Waals surface area contributed by atoms with Gasteiger partial charge in [0.2, 0.25) is 0 Å². The second-order valence-electron chi connectivity index (χ2n) is 1.98. The van der Waals surface area contributed by atoms with Crippen LogP contribution in [0.1, 0.15) is 12.6 Å². The highest BCUT2D eigenvalue weighted by Crippen LogP contribution is 2.25. The van der Waals surface area contributed by atoms with Crippen LogP contribution in [0.15, 0.2) is 12.3 Å². The Morgan fingerprint density at radius 3 is 2.70 bits per heavy atom. The highest BCUT2D eigenvalue weighted by Gasteiger charge is 2.03. The predicted molar refractivity (Wildman–Crippen MR) is 36.9 cm³/mol. The molecule has 10 heavy (non-hydrogen) atoms. The van der Waals surface area contributed by atoms with Gasteiger partial charge in [0.1, 0.15) is 0 Å². The molecule has 54 valence electrons. The summed E-state index contributed by atoms with van der Waals surface area (Å²) in [6.45, 7) is 1.86. The number of hydrogen-bond acceptors (Lipinski definition) is 3. The molecule has 0 fully saturated rings. The zero-order valence-corrected chi connectivity index (χ0v) is 5.70. The van der Waals surface area contributed by atoms with E-state index in [2.05, 4.69) is 4.98 Å². The molecule has 0 radical (unpaired) electrons. The van der Waals surface area contributed by atoms with E-state index in [9.17, 15) is 0 Å². The Labute approximate surface area is 59.0 Å². The van der Waals surface area contributed by atoms with Crippen LogP contribution in [-0.4, -0.2) is 15.2 Å². The summed E-state index contributed by atoms with van der Waals surface area (Å²) >= 11 is 0. The summed E-state index contributed by atoms with van der Waals surface area (Å²) < 4.78 is 0. The first kappa shape index (κ1) is 6.86. The third kappa shape index (κ3) is 1.03. The van der Waals surface area contributed by atoms with Crippen LogP contribution in [0.5, 0.6) is 11.5 Å². The van der Waals surface area contributed by atoms with Gasteiger partial charge < -0.3 is 10.2 Å². The van der Waals surface area contributed by atoms with Crippen LogP contribution < -0.4 is 0 Å². The van der Waals surface area contributed by atoms with Crippen LogP contribution in [0.4, 0.5) is 0 Å². The van der Waals surface area contributed by atoms with Gasteiger partial charge in [0.15, 0.2) is 11.5 Å². The average Bonchev–Trinajstić information content (AvgIpc) is 1.95. The van der Waals surface area contributed by atoms with Crippen LogP contribution in [0.3, 0.4) is 0 Å². The van der Waals surface area contributed by atoms with Crippen molar-refractivity contribution in [2.24, 2.45) is 0 Å². The van der Waals surface area contributed by atoms with E-state index in [1.807, 2.05) is 6.92 Å². The molecule has 0 bridgehead atoms. The Morgan fingerprint density at radius 2 is 2.20 bits per heavy atom. The van der Waals surface area contributed by atoms with E-state index in [1.165, 1.54) is 12.3 Å². The molecule has 3 nitrogen and oxygen atoms in total. The van der Waals surface area contributed by atoms with Crippen molar-refractivity contribution in [1.29, 1.82) is 0 Å². The molecule has 0 aromatic carbocycles. The molecule has 1 rings (SSSR count). The van der Waals surface area contributed by atoms with Crippen molar-refractivity contribution in [3.8, 4) is 11.5 Å². The molecule has 0 aliphatic rings. The van der Waals surface area contributed by atoms with E-state index in [4.69, 9.17) is 10.2 Å². The van der Waals surface area contributed by atoms with E-state index in [0.717, 1.165) is 0 Å². The molecule has 0 aliphatic carbocycles. The first-order valence-corrected chi connectivity index (χ1v) is 3.11. The van der Waals surface area contributed by atoms with Gasteiger partial charge in [-0.1, -0.05) is 6.92 Å². The molecule has 1 aromatic rings. The van der Waals surface area contributed by atoms with E-state index in [0.29, 0.717) is 12.1 Å². The maximum atomic E-state index is 9.09. The summed E-state index contributed by atoms with van der Waals surface area (Å²) in [6, 6.07) is 1.36. The van der Waals surface area contributed by atoms with Gasteiger partial charge in [0.25, 0.3) is 0 Å². The van der Waals surface area contributed by atoms with Crippen molar-refractivity contribution < 1.29 is 10.2 Å². The zero-order chi connectivity index (χ0) is 7.56. The fourth-order valence-corrected chi connectivity index (χ4v) is 0.744. The third-order valence-corrected chi connectivity index (χ3v) is 1.31. The molecule has 0 atom stereocenters. The van der Waals surface area contributed by atoms with E-state index >= 15 is 0 Å². The number of pyridine rings is 1. The van der Waals surface area contributed by atoms with Gasteiger partial charge in [-0.3, -0.25) is 4.98 Å². The van der Waals surface area contributed by atoms with Crippen LogP contribution in [-0.2, 0) is 6.42 Å². The van der Waals surface area contributed by atoms with Crippen LogP contribution in [0.25, 0.3) is 0 Å². The van der Waals surface area contributed by atoms with Gasteiger partial charge in [-0.05, 0) is 6.42 Å². The first-order valence-electron chi connectivity index (χ1n) is 3.11. The summed E-state index contributed by atoms with van der Waals surface area (Å²) in [5, 5.41) is 18.0. The third-order valence-electron chi connectivity index (χ3n) is 1.31. The zero-order valence-electron chi connectivity index (χ0n) is 5.70. The molecule has 2 N–H and O–H groups in total. The lowest BCUT2D eigenvalue weighted by atomic mass is 10.2. The Bertz CT molecular complexity index is 235. The summed E-state index contributed by atoms with van der Waals surface area (Å²) in [6.07, 6.45) is 2.09. The fraction of sp³-hybridized carbons (Fsp3) is 0.286. The summed E-state index contributed by atoms with van der Waals surface area (Å²) in [5.41, 5.74) is 0.528. The van der Waals surface area contributed by atoms with Gasteiger partial charge in [0, 0.05) is 12.3 Å². The summed E-state index contributed by atoms with van der Waals surface area (Å²) in [7, 11) is 0. The molecule has 0 aliphatic heterocycles. The Balaban J connectivity index is 3.14. The van der Waals surface area contributed by atoms with Crippen LogP contribution >= 0.6 is 0 Å². The molecular formula is C7H9NO2. The topological polar surface area (TPSA) is 53.4 Å². The minimum absolute atomic E-state index is 0.105. The lowest BCUT2D eigenvalue weighted by molar-refractivity contribution is 0.396. The van der Waals surface area contributed by atoms with Crippen molar-refractivity contribution in [2.75, 3.05) is 0 Å². The Kier molecular flexibility index (Phi) is 1.76. The monoisotopic (exact) mass is 139 g/mol. The SMILES string of the molecule is CCc1nccc(O)c1O. The summed E-state index contributed by atoms with van der Waals surface area (Å²) in [5.74, 6) is -0.211. The average molecular weight is 139 g/mol. The Hall–Kier alpha value is -1.25. The number of hydrogen-bond donors (Lipinski definition) is 2. The van der Waals surface area contributed by atoms with E-state index in [1.54, 1.807) is 0 Å². The van der Waals surface area contributed by atoms with Gasteiger partial charge in [-0.15, -0.1) is 0 Å². The standard InChI is InChI=1S/C7H9NO2/c1-2-5-7(10)6(9)3-4-8-5/h3-4,10H,2H2,1H3,(H,8,9). The van der Waals surface area contributed by atoms with Crippen molar-refractivity contribution in [1.82, 2.24) is 4.98 Å². The molecule has 3 heteroatoms. The maximum Gasteiger partial charge on any atom is 0.179 e.